The Hall–Kier alpha value is -1.10. The van der Waals surface area contributed by atoms with E-state index in [2.05, 4.69) is 0 Å². The molecule has 0 unspecified atom stereocenters. The van der Waals surface area contributed by atoms with Crippen LogP contribution in [0.2, 0.25) is 0 Å². The molecule has 0 aromatic carbocycles. The third-order valence-corrected chi connectivity index (χ3v) is 1.25. The van der Waals surface area contributed by atoms with Crippen molar-refractivity contribution in [2.24, 2.45) is 0 Å². The summed E-state index contributed by atoms with van der Waals surface area (Å²) in [5.74, 6) is -1.74. The van der Waals surface area contributed by atoms with Crippen LogP contribution in [-0.2, 0) is 9.59 Å². The average molecular weight is 206 g/mol. The molecule has 0 aliphatic carbocycles. The monoisotopic (exact) mass is 206 g/mol. The second kappa shape index (κ2) is 11.9. The zero-order valence-electron chi connectivity index (χ0n) is 8.40. The number of rotatable bonds is 6. The van der Waals surface area contributed by atoms with Crippen molar-refractivity contribution < 1.29 is 24.9 Å². The summed E-state index contributed by atoms with van der Waals surface area (Å²) in [5, 5.41) is 24.1. The maximum absolute atomic E-state index is 9.90. The number of aliphatic hydroxyl groups is 1. The van der Waals surface area contributed by atoms with Gasteiger partial charge in [-0.25, -0.2) is 0 Å². The summed E-state index contributed by atoms with van der Waals surface area (Å²) in [5.41, 5.74) is 0. The Balaban J connectivity index is 0. The first kappa shape index (κ1) is 15.4. The van der Waals surface area contributed by atoms with Gasteiger partial charge in [0.15, 0.2) is 0 Å². The Bertz CT molecular complexity index is 137. The molecule has 0 fully saturated rings. The van der Waals surface area contributed by atoms with Crippen molar-refractivity contribution in [1.82, 2.24) is 0 Å². The van der Waals surface area contributed by atoms with Crippen molar-refractivity contribution in [2.75, 3.05) is 6.61 Å². The van der Waals surface area contributed by atoms with Gasteiger partial charge in [0.2, 0.25) is 0 Å². The number of aliphatic carboxylic acids is 2. The zero-order valence-corrected chi connectivity index (χ0v) is 8.40. The molecule has 3 N–H and O–H groups in total. The average Bonchev–Trinajstić information content (AvgIpc) is 2.12. The highest BCUT2D eigenvalue weighted by Crippen LogP contribution is 1.98. The van der Waals surface area contributed by atoms with Crippen LogP contribution >= 0.6 is 0 Å². The maximum atomic E-state index is 9.90. The van der Waals surface area contributed by atoms with Gasteiger partial charge in [0.05, 0.1) is 0 Å². The molecular weight excluding hydrogens is 188 g/mol. The predicted octanol–water partition coefficient (Wildman–Crippen LogP) is 1.10. The Morgan fingerprint density at radius 1 is 1.00 bits per heavy atom. The van der Waals surface area contributed by atoms with Crippen molar-refractivity contribution in [3.8, 4) is 0 Å². The minimum atomic E-state index is -0.870. The molecule has 0 rings (SSSR count). The number of carbonyl (C=O) groups is 2. The van der Waals surface area contributed by atoms with E-state index in [1.54, 1.807) is 0 Å². The van der Waals surface area contributed by atoms with E-state index in [9.17, 15) is 9.59 Å². The van der Waals surface area contributed by atoms with Gasteiger partial charge in [-0.2, -0.15) is 0 Å². The van der Waals surface area contributed by atoms with Crippen LogP contribution in [0.4, 0.5) is 0 Å². The van der Waals surface area contributed by atoms with Crippen LogP contribution in [0, 0.1) is 0 Å². The van der Waals surface area contributed by atoms with Crippen LogP contribution < -0.4 is 0 Å². The van der Waals surface area contributed by atoms with Gasteiger partial charge in [-0.15, -0.1) is 0 Å². The molecule has 5 nitrogen and oxygen atoms in total. The van der Waals surface area contributed by atoms with Crippen molar-refractivity contribution in [3.05, 3.63) is 0 Å². The lowest BCUT2D eigenvalue weighted by Crippen LogP contribution is -1.97. The SMILES string of the molecule is CCCO.O=C(O)CCCCC(=O)O. The molecule has 0 aromatic heterocycles. The van der Waals surface area contributed by atoms with Gasteiger partial charge in [-0.05, 0) is 19.3 Å². The van der Waals surface area contributed by atoms with Crippen LogP contribution in [0.1, 0.15) is 39.0 Å². The van der Waals surface area contributed by atoms with Gasteiger partial charge in [0.25, 0.3) is 0 Å². The molecule has 0 saturated heterocycles. The molecule has 0 atom stereocenters. The number of hydrogen-bond acceptors (Lipinski definition) is 3. The Morgan fingerprint density at radius 2 is 1.29 bits per heavy atom. The highest BCUT2D eigenvalue weighted by Gasteiger charge is 1.99. The first-order chi connectivity index (χ1) is 6.54. The van der Waals surface area contributed by atoms with E-state index in [0.29, 0.717) is 19.4 Å². The molecule has 0 saturated carbocycles. The molecule has 0 aromatic rings. The van der Waals surface area contributed by atoms with Gasteiger partial charge in [-0.3, -0.25) is 9.59 Å². The fourth-order valence-electron chi connectivity index (χ4n) is 0.552. The van der Waals surface area contributed by atoms with E-state index in [1.807, 2.05) is 6.92 Å². The molecule has 0 heterocycles. The third kappa shape index (κ3) is 22.4. The smallest absolute Gasteiger partial charge is 0.303 e. The van der Waals surface area contributed by atoms with Crippen LogP contribution in [-0.4, -0.2) is 33.9 Å². The minimum Gasteiger partial charge on any atom is -0.481 e. The normalized spacial score (nSPS) is 8.71. The molecule has 5 heteroatoms. The number of carboxylic acids is 2. The largest absolute Gasteiger partial charge is 0.481 e. The van der Waals surface area contributed by atoms with E-state index in [0.717, 1.165) is 6.42 Å². The fraction of sp³-hybridized carbons (Fsp3) is 0.778. The molecule has 84 valence electrons. The van der Waals surface area contributed by atoms with Crippen molar-refractivity contribution in [2.45, 2.75) is 39.0 Å². The summed E-state index contributed by atoms with van der Waals surface area (Å²) in [7, 11) is 0. The topological polar surface area (TPSA) is 94.8 Å². The van der Waals surface area contributed by atoms with Crippen LogP contribution in [0.3, 0.4) is 0 Å². The van der Waals surface area contributed by atoms with E-state index < -0.39 is 11.9 Å². The van der Waals surface area contributed by atoms with Crippen LogP contribution in [0.25, 0.3) is 0 Å². The van der Waals surface area contributed by atoms with E-state index in [-0.39, 0.29) is 12.8 Å². The highest BCUT2D eigenvalue weighted by molar-refractivity contribution is 5.67. The van der Waals surface area contributed by atoms with Crippen molar-refractivity contribution >= 4 is 11.9 Å². The Morgan fingerprint density at radius 3 is 1.43 bits per heavy atom. The lowest BCUT2D eigenvalue weighted by Gasteiger charge is -1.92. The van der Waals surface area contributed by atoms with Crippen LogP contribution in [0.5, 0.6) is 0 Å². The first-order valence-corrected chi connectivity index (χ1v) is 4.59. The maximum Gasteiger partial charge on any atom is 0.303 e. The van der Waals surface area contributed by atoms with Gasteiger partial charge in [-0.1, -0.05) is 6.92 Å². The minimum absolute atomic E-state index is 0.0628. The molecule has 0 aliphatic heterocycles. The second-order valence-electron chi connectivity index (χ2n) is 2.72. The first-order valence-electron chi connectivity index (χ1n) is 4.59. The molecule has 14 heavy (non-hydrogen) atoms. The number of carboxylic acid groups (broad SMARTS) is 2. The quantitative estimate of drug-likeness (QED) is 0.566. The lowest BCUT2D eigenvalue weighted by molar-refractivity contribution is -0.139. The fourth-order valence-corrected chi connectivity index (χ4v) is 0.552. The molecule has 0 radical (unpaired) electrons. The van der Waals surface area contributed by atoms with E-state index in [1.165, 1.54) is 0 Å². The van der Waals surface area contributed by atoms with E-state index in [4.69, 9.17) is 15.3 Å². The van der Waals surface area contributed by atoms with Gasteiger partial charge >= 0.3 is 11.9 Å². The lowest BCUT2D eigenvalue weighted by atomic mass is 10.2. The van der Waals surface area contributed by atoms with Crippen molar-refractivity contribution in [3.63, 3.8) is 0 Å². The summed E-state index contributed by atoms with van der Waals surface area (Å²) < 4.78 is 0. The summed E-state index contributed by atoms with van der Waals surface area (Å²) in [6.45, 7) is 2.25. The Labute approximate surface area is 83.4 Å². The van der Waals surface area contributed by atoms with Crippen LogP contribution in [0.15, 0.2) is 0 Å². The summed E-state index contributed by atoms with van der Waals surface area (Å²) in [6, 6.07) is 0. The molecular formula is C9H18O5. The Kier molecular flexibility index (Phi) is 13.1. The summed E-state index contributed by atoms with van der Waals surface area (Å²) >= 11 is 0. The molecule has 0 amide bonds. The molecule has 0 aliphatic rings. The predicted molar refractivity (Wildman–Crippen MR) is 51.1 cm³/mol. The van der Waals surface area contributed by atoms with Crippen molar-refractivity contribution in [1.29, 1.82) is 0 Å². The van der Waals surface area contributed by atoms with Gasteiger partial charge in [0, 0.05) is 19.4 Å². The summed E-state index contributed by atoms with van der Waals surface area (Å²) in [4.78, 5) is 19.8. The third-order valence-electron chi connectivity index (χ3n) is 1.25. The summed E-state index contributed by atoms with van der Waals surface area (Å²) in [6.07, 6.45) is 1.89. The molecule has 0 spiro atoms. The van der Waals surface area contributed by atoms with E-state index >= 15 is 0 Å². The standard InChI is InChI=1S/C6H10O4.C3H8O/c7-5(8)3-1-2-4-6(9)10;1-2-3-4/h1-4H2,(H,7,8)(H,9,10);4H,2-3H2,1H3. The zero-order chi connectivity index (χ0) is 11.4. The number of hydrogen-bond donors (Lipinski definition) is 3. The number of unbranched alkanes of at least 4 members (excludes halogenated alkanes) is 1. The molecule has 0 bridgehead atoms. The number of aliphatic hydroxyl groups excluding tert-OH is 1. The van der Waals surface area contributed by atoms with Gasteiger partial charge < -0.3 is 15.3 Å². The second-order valence-corrected chi connectivity index (χ2v) is 2.72. The van der Waals surface area contributed by atoms with Gasteiger partial charge in [0.1, 0.15) is 0 Å². The highest BCUT2D eigenvalue weighted by atomic mass is 16.4.